The second-order valence-electron chi connectivity index (χ2n) is 7.35. The molecule has 1 amide bonds. The summed E-state index contributed by atoms with van der Waals surface area (Å²) in [7, 11) is 1.69. The third kappa shape index (κ3) is 4.59. The summed E-state index contributed by atoms with van der Waals surface area (Å²) in [4.78, 5) is 23.1. The van der Waals surface area contributed by atoms with Crippen LogP contribution in [0.25, 0.3) is 11.3 Å². The number of carbonyl (C=O) groups excluding carboxylic acids is 1. The standard InChI is InChI=1S/C24H26N4O2/c1-30-22-7-3-2-6-19(22)12-13-25-23-16-21(26-17-27-23)18-8-10-20(11-9-18)24(29)28-14-4-5-15-28/h2-3,6-11,16-17H,4-5,12-15H2,1H3,(H,25,26,27). The molecule has 2 aromatic carbocycles. The maximum Gasteiger partial charge on any atom is 0.253 e. The Balaban J connectivity index is 1.39. The molecule has 6 heteroatoms. The van der Waals surface area contributed by atoms with Gasteiger partial charge in [-0.2, -0.15) is 0 Å². The van der Waals surface area contributed by atoms with E-state index in [0.29, 0.717) is 0 Å². The van der Waals surface area contributed by atoms with E-state index in [1.165, 1.54) is 0 Å². The Hall–Kier alpha value is -3.41. The van der Waals surface area contributed by atoms with Gasteiger partial charge in [0.05, 0.1) is 12.8 Å². The molecule has 154 valence electrons. The van der Waals surface area contributed by atoms with Crippen LogP contribution in [0.15, 0.2) is 60.9 Å². The monoisotopic (exact) mass is 402 g/mol. The maximum absolute atomic E-state index is 12.5. The number of ether oxygens (including phenoxy) is 1. The molecule has 1 saturated heterocycles. The Labute approximate surface area is 176 Å². The van der Waals surface area contributed by atoms with Gasteiger partial charge in [-0.1, -0.05) is 30.3 Å². The quantitative estimate of drug-likeness (QED) is 0.646. The van der Waals surface area contributed by atoms with Crippen molar-refractivity contribution >= 4 is 11.7 Å². The molecule has 0 bridgehead atoms. The number of anilines is 1. The van der Waals surface area contributed by atoms with Gasteiger partial charge in [-0.25, -0.2) is 9.97 Å². The summed E-state index contributed by atoms with van der Waals surface area (Å²) in [6.45, 7) is 2.45. The Bertz CT molecular complexity index is 998. The van der Waals surface area contributed by atoms with E-state index in [0.717, 1.165) is 72.8 Å². The number of carbonyl (C=O) groups is 1. The van der Waals surface area contributed by atoms with E-state index in [4.69, 9.17) is 4.74 Å². The molecular weight excluding hydrogens is 376 g/mol. The minimum Gasteiger partial charge on any atom is -0.496 e. The van der Waals surface area contributed by atoms with E-state index >= 15 is 0 Å². The van der Waals surface area contributed by atoms with E-state index < -0.39 is 0 Å². The number of likely N-dealkylation sites (tertiary alicyclic amines) is 1. The van der Waals surface area contributed by atoms with Crippen molar-refractivity contribution in [3.8, 4) is 17.0 Å². The van der Waals surface area contributed by atoms with Crippen LogP contribution in [0.1, 0.15) is 28.8 Å². The fourth-order valence-electron chi connectivity index (χ4n) is 3.73. The molecule has 3 aromatic rings. The van der Waals surface area contributed by atoms with Crippen LogP contribution in [0.4, 0.5) is 5.82 Å². The fraction of sp³-hybridized carbons (Fsp3) is 0.292. The van der Waals surface area contributed by atoms with Crippen LogP contribution in [0.2, 0.25) is 0 Å². The lowest BCUT2D eigenvalue weighted by atomic mass is 10.1. The molecule has 0 unspecified atom stereocenters. The predicted octanol–water partition coefficient (Wildman–Crippen LogP) is 4.04. The van der Waals surface area contributed by atoms with Gasteiger partial charge in [0, 0.05) is 36.8 Å². The van der Waals surface area contributed by atoms with Crippen LogP contribution in [0, 0.1) is 0 Å². The lowest BCUT2D eigenvalue weighted by Gasteiger charge is -2.15. The van der Waals surface area contributed by atoms with Crippen molar-refractivity contribution < 1.29 is 9.53 Å². The van der Waals surface area contributed by atoms with Gasteiger partial charge in [0.1, 0.15) is 17.9 Å². The van der Waals surface area contributed by atoms with Gasteiger partial charge in [-0.3, -0.25) is 4.79 Å². The highest BCUT2D eigenvalue weighted by Gasteiger charge is 2.19. The van der Waals surface area contributed by atoms with Crippen molar-refractivity contribution in [3.63, 3.8) is 0 Å². The normalized spacial score (nSPS) is 13.3. The van der Waals surface area contributed by atoms with Gasteiger partial charge >= 0.3 is 0 Å². The molecule has 0 saturated carbocycles. The molecule has 0 atom stereocenters. The molecule has 0 spiro atoms. The molecule has 1 fully saturated rings. The summed E-state index contributed by atoms with van der Waals surface area (Å²) in [5.74, 6) is 1.78. The van der Waals surface area contributed by atoms with E-state index in [2.05, 4.69) is 21.4 Å². The average molecular weight is 402 g/mol. The fourth-order valence-corrected chi connectivity index (χ4v) is 3.73. The van der Waals surface area contributed by atoms with Gasteiger partial charge in [0.25, 0.3) is 5.91 Å². The predicted molar refractivity (Wildman–Crippen MR) is 118 cm³/mol. The van der Waals surface area contributed by atoms with Gasteiger partial charge in [0.15, 0.2) is 0 Å². The topological polar surface area (TPSA) is 67.3 Å². The Morgan fingerprint density at radius 3 is 2.60 bits per heavy atom. The zero-order valence-electron chi connectivity index (χ0n) is 17.2. The third-order valence-electron chi connectivity index (χ3n) is 5.38. The highest BCUT2D eigenvalue weighted by atomic mass is 16.5. The summed E-state index contributed by atoms with van der Waals surface area (Å²) in [5, 5.41) is 3.35. The number of nitrogens with zero attached hydrogens (tertiary/aromatic N) is 3. The summed E-state index contributed by atoms with van der Waals surface area (Å²) in [6.07, 6.45) is 4.58. The van der Waals surface area contributed by atoms with Gasteiger partial charge in [-0.05, 0) is 43.0 Å². The lowest BCUT2D eigenvalue weighted by molar-refractivity contribution is 0.0793. The van der Waals surface area contributed by atoms with E-state index in [1.807, 2.05) is 53.4 Å². The van der Waals surface area contributed by atoms with Crippen LogP contribution in [0.3, 0.4) is 0 Å². The molecule has 2 heterocycles. The zero-order chi connectivity index (χ0) is 20.8. The van der Waals surface area contributed by atoms with E-state index in [1.54, 1.807) is 13.4 Å². The second kappa shape index (κ2) is 9.39. The Morgan fingerprint density at radius 1 is 1.07 bits per heavy atom. The molecule has 1 N–H and O–H groups in total. The third-order valence-corrected chi connectivity index (χ3v) is 5.38. The summed E-state index contributed by atoms with van der Waals surface area (Å²) in [5.41, 5.74) is 3.66. The smallest absolute Gasteiger partial charge is 0.253 e. The molecule has 1 aliphatic rings. The van der Waals surface area contributed by atoms with Gasteiger partial charge in [-0.15, -0.1) is 0 Å². The van der Waals surface area contributed by atoms with Crippen molar-refractivity contribution in [2.75, 3.05) is 32.1 Å². The number of methoxy groups -OCH3 is 1. The SMILES string of the molecule is COc1ccccc1CCNc1cc(-c2ccc(C(=O)N3CCCC3)cc2)ncn1. The van der Waals surface area contributed by atoms with Crippen LogP contribution in [-0.4, -0.2) is 47.5 Å². The number of amides is 1. The van der Waals surface area contributed by atoms with Gasteiger partial charge < -0.3 is 15.0 Å². The number of benzene rings is 2. The molecule has 0 radical (unpaired) electrons. The molecule has 4 rings (SSSR count). The molecule has 1 aromatic heterocycles. The number of hydrogen-bond donors (Lipinski definition) is 1. The van der Waals surface area contributed by atoms with Crippen molar-refractivity contribution in [2.24, 2.45) is 0 Å². The van der Waals surface area contributed by atoms with Crippen LogP contribution < -0.4 is 10.1 Å². The molecule has 1 aliphatic heterocycles. The van der Waals surface area contributed by atoms with Gasteiger partial charge in [0.2, 0.25) is 0 Å². The summed E-state index contributed by atoms with van der Waals surface area (Å²) in [6, 6.07) is 17.6. The highest BCUT2D eigenvalue weighted by Crippen LogP contribution is 2.22. The zero-order valence-corrected chi connectivity index (χ0v) is 17.2. The average Bonchev–Trinajstić information content (AvgIpc) is 3.34. The lowest BCUT2D eigenvalue weighted by Crippen LogP contribution is -2.27. The largest absolute Gasteiger partial charge is 0.496 e. The minimum absolute atomic E-state index is 0.112. The summed E-state index contributed by atoms with van der Waals surface area (Å²) >= 11 is 0. The van der Waals surface area contributed by atoms with Crippen LogP contribution in [-0.2, 0) is 6.42 Å². The van der Waals surface area contributed by atoms with Crippen molar-refractivity contribution in [2.45, 2.75) is 19.3 Å². The van der Waals surface area contributed by atoms with Crippen molar-refractivity contribution in [3.05, 3.63) is 72.1 Å². The Morgan fingerprint density at radius 2 is 1.83 bits per heavy atom. The first-order valence-electron chi connectivity index (χ1n) is 10.3. The van der Waals surface area contributed by atoms with Crippen LogP contribution in [0.5, 0.6) is 5.75 Å². The second-order valence-corrected chi connectivity index (χ2v) is 7.35. The van der Waals surface area contributed by atoms with E-state index in [9.17, 15) is 4.79 Å². The maximum atomic E-state index is 12.5. The number of para-hydroxylation sites is 1. The summed E-state index contributed by atoms with van der Waals surface area (Å²) < 4.78 is 5.40. The molecular formula is C24H26N4O2. The van der Waals surface area contributed by atoms with E-state index in [-0.39, 0.29) is 5.91 Å². The first-order valence-corrected chi connectivity index (χ1v) is 10.3. The number of aromatic nitrogens is 2. The minimum atomic E-state index is 0.112. The number of hydrogen-bond acceptors (Lipinski definition) is 5. The first-order chi connectivity index (χ1) is 14.7. The first kappa shape index (κ1) is 19.9. The number of rotatable bonds is 7. The number of nitrogens with one attached hydrogen (secondary N) is 1. The molecule has 30 heavy (non-hydrogen) atoms. The van der Waals surface area contributed by atoms with Crippen molar-refractivity contribution in [1.82, 2.24) is 14.9 Å². The Kier molecular flexibility index (Phi) is 6.23. The van der Waals surface area contributed by atoms with Crippen LogP contribution >= 0.6 is 0 Å². The van der Waals surface area contributed by atoms with Crippen molar-refractivity contribution in [1.29, 1.82) is 0 Å². The molecule has 0 aliphatic carbocycles. The highest BCUT2D eigenvalue weighted by molar-refractivity contribution is 5.94. The molecule has 6 nitrogen and oxygen atoms in total.